The van der Waals surface area contributed by atoms with Crippen LogP contribution < -0.4 is 4.74 Å². The van der Waals surface area contributed by atoms with Crippen molar-refractivity contribution in [2.45, 2.75) is 26.4 Å². The van der Waals surface area contributed by atoms with Gasteiger partial charge in [0.1, 0.15) is 5.75 Å². The Balaban J connectivity index is 2.31. The first-order chi connectivity index (χ1) is 11.0. The predicted molar refractivity (Wildman–Crippen MR) is 96.8 cm³/mol. The van der Waals surface area contributed by atoms with Gasteiger partial charge < -0.3 is 4.74 Å². The van der Waals surface area contributed by atoms with Crippen molar-refractivity contribution in [3.8, 4) is 11.8 Å². The summed E-state index contributed by atoms with van der Waals surface area (Å²) < 4.78 is 5.75. The molecule has 2 rings (SSSR count). The lowest BCUT2D eigenvalue weighted by Crippen LogP contribution is -2.09. The minimum atomic E-state index is 0.107. The van der Waals surface area contributed by atoms with Gasteiger partial charge in [-0.05, 0) is 54.8 Å². The fourth-order valence-corrected chi connectivity index (χ4v) is 2.43. The zero-order valence-electron chi connectivity index (χ0n) is 13.0. The molecule has 2 aromatic rings. The molecular weight excluding hydrogens is 329 g/mol. The number of nitrogens with zero attached hydrogens (tertiary/aromatic N) is 1. The fraction of sp³-hybridized carbons (Fsp3) is 0.211. The number of benzene rings is 2. The molecule has 2 aromatic carbocycles. The van der Waals surface area contributed by atoms with Crippen LogP contribution in [-0.4, -0.2) is 6.10 Å². The average molecular weight is 346 g/mol. The Labute approximate surface area is 146 Å². The molecule has 0 N–H and O–H groups in total. The molecule has 0 heterocycles. The minimum Gasteiger partial charge on any atom is -0.489 e. The summed E-state index contributed by atoms with van der Waals surface area (Å²) in [6, 6.07) is 14.9. The summed E-state index contributed by atoms with van der Waals surface area (Å²) in [6.07, 6.45) is 2.80. The second-order valence-electron chi connectivity index (χ2n) is 5.21. The van der Waals surface area contributed by atoms with Gasteiger partial charge in [0, 0.05) is 5.02 Å². The average Bonchev–Trinajstić information content (AvgIpc) is 2.54. The van der Waals surface area contributed by atoms with Crippen LogP contribution in [0.3, 0.4) is 0 Å². The van der Waals surface area contributed by atoms with E-state index in [-0.39, 0.29) is 6.10 Å². The highest BCUT2D eigenvalue weighted by Gasteiger charge is 2.07. The van der Waals surface area contributed by atoms with Gasteiger partial charge in [0.05, 0.1) is 22.8 Å². The van der Waals surface area contributed by atoms with Crippen LogP contribution in [0.15, 0.2) is 42.5 Å². The van der Waals surface area contributed by atoms with E-state index in [1.807, 2.05) is 31.2 Å². The SMILES string of the molecule is CC[C@@H](C)Oc1ccc(/C=C(/C#N)c2cccc(Cl)c2)cc1Cl. The smallest absolute Gasteiger partial charge is 0.138 e. The normalized spacial score (nSPS) is 12.6. The number of hydrogen-bond donors (Lipinski definition) is 0. The van der Waals surface area contributed by atoms with Gasteiger partial charge in [-0.25, -0.2) is 0 Å². The summed E-state index contributed by atoms with van der Waals surface area (Å²) >= 11 is 12.3. The van der Waals surface area contributed by atoms with E-state index in [2.05, 4.69) is 13.0 Å². The van der Waals surface area contributed by atoms with E-state index in [0.29, 0.717) is 21.4 Å². The molecule has 118 valence electrons. The summed E-state index contributed by atoms with van der Waals surface area (Å²) in [5.74, 6) is 0.652. The number of halogens is 2. The van der Waals surface area contributed by atoms with Crippen molar-refractivity contribution in [2.24, 2.45) is 0 Å². The predicted octanol–water partition coefficient (Wildman–Crippen LogP) is 6.23. The Morgan fingerprint density at radius 3 is 2.65 bits per heavy atom. The lowest BCUT2D eigenvalue weighted by Gasteiger charge is -2.14. The Hall–Kier alpha value is -1.95. The van der Waals surface area contributed by atoms with Crippen LogP contribution in [0, 0.1) is 11.3 Å². The Morgan fingerprint density at radius 1 is 1.26 bits per heavy atom. The molecule has 1 atom stereocenters. The number of rotatable bonds is 5. The molecule has 0 aromatic heterocycles. The monoisotopic (exact) mass is 345 g/mol. The molecule has 2 nitrogen and oxygen atoms in total. The highest BCUT2D eigenvalue weighted by atomic mass is 35.5. The maximum atomic E-state index is 9.39. The third-order valence-corrected chi connectivity index (χ3v) is 3.96. The first-order valence-electron chi connectivity index (χ1n) is 7.37. The molecule has 0 spiro atoms. The molecule has 0 radical (unpaired) electrons. The van der Waals surface area contributed by atoms with E-state index in [1.54, 1.807) is 24.3 Å². The van der Waals surface area contributed by atoms with Crippen LogP contribution in [0.4, 0.5) is 0 Å². The van der Waals surface area contributed by atoms with Crippen LogP contribution in [0.25, 0.3) is 11.6 Å². The largest absolute Gasteiger partial charge is 0.489 e. The standard InChI is InChI=1S/C19H17Cl2NO/c1-3-13(2)23-19-8-7-14(10-18(19)21)9-16(12-22)15-5-4-6-17(20)11-15/h4-11,13H,3H2,1-2H3/b16-9-/t13-/m1/s1. The summed E-state index contributed by atoms with van der Waals surface area (Å²) in [6.45, 7) is 4.05. The molecule has 0 bridgehead atoms. The van der Waals surface area contributed by atoms with E-state index >= 15 is 0 Å². The van der Waals surface area contributed by atoms with Crippen LogP contribution in [0.2, 0.25) is 10.0 Å². The summed E-state index contributed by atoms with van der Waals surface area (Å²) in [4.78, 5) is 0. The molecule has 0 aliphatic rings. The van der Waals surface area contributed by atoms with Gasteiger partial charge in [-0.1, -0.05) is 48.3 Å². The van der Waals surface area contributed by atoms with E-state index in [1.165, 1.54) is 0 Å². The number of nitriles is 1. The van der Waals surface area contributed by atoms with Gasteiger partial charge >= 0.3 is 0 Å². The molecular formula is C19H17Cl2NO. The van der Waals surface area contributed by atoms with Crippen molar-refractivity contribution >= 4 is 34.9 Å². The van der Waals surface area contributed by atoms with E-state index in [4.69, 9.17) is 27.9 Å². The second kappa shape index (κ2) is 8.06. The summed E-state index contributed by atoms with van der Waals surface area (Å²) in [7, 11) is 0. The van der Waals surface area contributed by atoms with Crippen LogP contribution in [0.1, 0.15) is 31.4 Å². The topological polar surface area (TPSA) is 33.0 Å². The Kier molecular flexibility index (Phi) is 6.10. The molecule has 0 saturated carbocycles. The Bertz CT molecular complexity index is 762. The van der Waals surface area contributed by atoms with Crippen molar-refractivity contribution in [2.75, 3.05) is 0 Å². The molecule has 0 saturated heterocycles. The first-order valence-corrected chi connectivity index (χ1v) is 8.13. The maximum Gasteiger partial charge on any atom is 0.138 e. The molecule has 0 fully saturated rings. The number of ether oxygens (including phenoxy) is 1. The molecule has 4 heteroatoms. The second-order valence-corrected chi connectivity index (χ2v) is 6.05. The van der Waals surface area contributed by atoms with Gasteiger partial charge in [0.15, 0.2) is 0 Å². The van der Waals surface area contributed by atoms with Crippen molar-refractivity contribution in [3.63, 3.8) is 0 Å². The summed E-state index contributed by atoms with van der Waals surface area (Å²) in [5.41, 5.74) is 2.14. The van der Waals surface area contributed by atoms with Gasteiger partial charge in [0.2, 0.25) is 0 Å². The Morgan fingerprint density at radius 2 is 2.04 bits per heavy atom. The lowest BCUT2D eigenvalue weighted by molar-refractivity contribution is 0.217. The molecule has 0 amide bonds. The zero-order chi connectivity index (χ0) is 16.8. The van der Waals surface area contributed by atoms with Crippen LogP contribution in [-0.2, 0) is 0 Å². The molecule has 23 heavy (non-hydrogen) atoms. The third kappa shape index (κ3) is 4.76. The van der Waals surface area contributed by atoms with E-state index < -0.39 is 0 Å². The lowest BCUT2D eigenvalue weighted by atomic mass is 10.0. The highest BCUT2D eigenvalue weighted by Crippen LogP contribution is 2.29. The van der Waals surface area contributed by atoms with Gasteiger partial charge in [-0.3, -0.25) is 0 Å². The number of hydrogen-bond acceptors (Lipinski definition) is 2. The highest BCUT2D eigenvalue weighted by molar-refractivity contribution is 6.32. The zero-order valence-corrected chi connectivity index (χ0v) is 14.5. The minimum absolute atomic E-state index is 0.107. The van der Waals surface area contributed by atoms with Gasteiger partial charge in [0.25, 0.3) is 0 Å². The van der Waals surface area contributed by atoms with Gasteiger partial charge in [-0.15, -0.1) is 0 Å². The van der Waals surface area contributed by atoms with Crippen LogP contribution in [0.5, 0.6) is 5.75 Å². The first kappa shape index (κ1) is 17.4. The van der Waals surface area contributed by atoms with E-state index in [9.17, 15) is 5.26 Å². The third-order valence-electron chi connectivity index (χ3n) is 3.43. The van der Waals surface area contributed by atoms with Crippen molar-refractivity contribution in [1.29, 1.82) is 5.26 Å². The van der Waals surface area contributed by atoms with E-state index in [0.717, 1.165) is 17.5 Å². The van der Waals surface area contributed by atoms with Crippen molar-refractivity contribution in [3.05, 3.63) is 63.6 Å². The number of allylic oxidation sites excluding steroid dienone is 1. The maximum absolute atomic E-state index is 9.39. The van der Waals surface area contributed by atoms with Crippen LogP contribution >= 0.6 is 23.2 Å². The van der Waals surface area contributed by atoms with Crippen molar-refractivity contribution in [1.82, 2.24) is 0 Å². The molecule has 0 aliphatic heterocycles. The molecule has 0 unspecified atom stereocenters. The van der Waals surface area contributed by atoms with Gasteiger partial charge in [-0.2, -0.15) is 5.26 Å². The summed E-state index contributed by atoms with van der Waals surface area (Å²) in [5, 5.41) is 10.5. The molecule has 0 aliphatic carbocycles. The quantitative estimate of drug-likeness (QED) is 0.474. The van der Waals surface area contributed by atoms with Crippen molar-refractivity contribution < 1.29 is 4.74 Å². The fourth-order valence-electron chi connectivity index (χ4n) is 2.01.